The Kier molecular flexibility index (Phi) is 3.17. The lowest BCUT2D eigenvalue weighted by Gasteiger charge is -2.20. The largest absolute Gasteiger partial charge is 0.770 e. The van der Waals surface area contributed by atoms with Crippen LogP contribution >= 0.6 is 6.72 Å². The standard InChI is InChI=1S/C6H6NO5PS/c8-7(9)5-1-3-6(4-2-5)12-13(10,11)14/h1-4H,(H2-,8,9,10,11,14). The van der Waals surface area contributed by atoms with Gasteiger partial charge >= 0.3 is 5.69 Å². The third-order valence-electron chi connectivity index (χ3n) is 1.28. The summed E-state index contributed by atoms with van der Waals surface area (Å²) in [5.74, 6) is 0.0523. The highest BCUT2D eigenvalue weighted by molar-refractivity contribution is 8.06. The van der Waals surface area contributed by atoms with Crippen LogP contribution in [0.4, 0.5) is 5.69 Å². The molecule has 0 radical (unpaired) electrons. The minimum atomic E-state index is -4.00. The first-order chi connectivity index (χ1) is 6.38. The lowest BCUT2D eigenvalue weighted by molar-refractivity contribution is -0.729. The number of hydrogen-bond acceptors (Lipinski definition) is 4. The van der Waals surface area contributed by atoms with E-state index < -0.39 is 6.72 Å². The molecule has 1 atom stereocenters. The zero-order valence-corrected chi connectivity index (χ0v) is 8.44. The van der Waals surface area contributed by atoms with Gasteiger partial charge in [0.25, 0.3) is 4.92 Å². The van der Waals surface area contributed by atoms with E-state index in [0.29, 0.717) is 0 Å². The molecule has 0 aliphatic carbocycles. The molecule has 8 heteroatoms. The maximum atomic E-state index is 10.6. The number of hydrogen-bond donors (Lipinski definition) is 2. The quantitative estimate of drug-likeness (QED) is 0.583. The molecule has 1 aromatic rings. The first kappa shape index (κ1) is 11.1. The fourth-order valence-corrected chi connectivity index (χ4v) is 1.41. The van der Waals surface area contributed by atoms with Crippen molar-refractivity contribution in [3.8, 4) is 5.75 Å². The maximum Gasteiger partial charge on any atom is 0.316 e. The fourth-order valence-electron chi connectivity index (χ4n) is 0.768. The molecule has 0 saturated heterocycles. The van der Waals surface area contributed by atoms with Gasteiger partial charge in [0.1, 0.15) is 5.75 Å². The van der Waals surface area contributed by atoms with Gasteiger partial charge in [0.15, 0.2) is 6.72 Å². The predicted octanol–water partition coefficient (Wildman–Crippen LogP) is 0.442. The summed E-state index contributed by atoms with van der Waals surface area (Å²) in [5, 5.41) is 8.46. The minimum Gasteiger partial charge on any atom is -0.770 e. The highest BCUT2D eigenvalue weighted by Gasteiger charge is 2.10. The third-order valence-corrected chi connectivity index (χ3v) is 1.94. The summed E-state index contributed by atoms with van der Waals surface area (Å²) in [6.07, 6.45) is 0. The Bertz CT molecular complexity index is 386. The summed E-state index contributed by atoms with van der Waals surface area (Å²) < 4.78 is 4.46. The minimum absolute atomic E-state index is 0.0190. The van der Waals surface area contributed by atoms with E-state index in [1.54, 1.807) is 0 Å². The lowest BCUT2D eigenvalue weighted by atomic mass is 10.3. The summed E-state index contributed by atoms with van der Waals surface area (Å²) in [6, 6.07) is 4.91. The molecule has 0 bridgehead atoms. The smallest absolute Gasteiger partial charge is 0.316 e. The molecule has 0 aliphatic heterocycles. The van der Waals surface area contributed by atoms with Crippen LogP contribution in [0.3, 0.4) is 0 Å². The zero-order chi connectivity index (χ0) is 10.8. The molecule has 0 amide bonds. The van der Waals surface area contributed by atoms with Crippen molar-refractivity contribution in [3.05, 3.63) is 29.2 Å². The molecule has 0 saturated carbocycles. The Labute approximate surface area is 84.2 Å². The number of benzene rings is 1. The summed E-state index contributed by atoms with van der Waals surface area (Å²) in [5.41, 5.74) is -0.0190. The molecule has 0 aliphatic rings. The average Bonchev–Trinajstić information content (AvgIpc) is 2.02. The maximum absolute atomic E-state index is 10.6. The van der Waals surface area contributed by atoms with Crippen LogP contribution in [-0.4, -0.2) is 15.0 Å². The van der Waals surface area contributed by atoms with E-state index in [2.05, 4.69) is 16.3 Å². The number of nitrogens with zero attached hydrogens (tertiary/aromatic N) is 1. The van der Waals surface area contributed by atoms with Gasteiger partial charge in [-0.05, 0) is 23.9 Å². The Morgan fingerprint density at radius 3 is 2.29 bits per heavy atom. The van der Waals surface area contributed by atoms with Gasteiger partial charge in [0, 0.05) is 12.1 Å². The Balaban J connectivity index is 2.84. The average molecular weight is 235 g/mol. The third kappa shape index (κ3) is 3.39. The van der Waals surface area contributed by atoms with Crippen molar-refractivity contribution >= 4 is 24.2 Å². The first-order valence-corrected chi connectivity index (χ1v) is 5.97. The normalized spacial score (nSPS) is 14.4. The molecule has 0 heterocycles. The highest BCUT2D eigenvalue weighted by Crippen LogP contribution is 2.33. The van der Waals surface area contributed by atoms with Crippen molar-refractivity contribution < 1.29 is 24.4 Å². The second-order valence-corrected chi connectivity index (χ2v) is 4.83. The van der Waals surface area contributed by atoms with Crippen molar-refractivity contribution in [2.75, 3.05) is 0 Å². The molecular weight excluding hydrogens is 229 g/mol. The van der Waals surface area contributed by atoms with Crippen LogP contribution in [0.15, 0.2) is 24.3 Å². The monoisotopic (exact) mass is 235 g/mol. The molecule has 1 aromatic carbocycles. The summed E-state index contributed by atoms with van der Waals surface area (Å²) in [7, 11) is 0. The van der Waals surface area contributed by atoms with E-state index in [1.807, 2.05) is 0 Å². The van der Waals surface area contributed by atoms with E-state index in [1.165, 1.54) is 24.3 Å². The molecule has 1 unspecified atom stereocenters. The van der Waals surface area contributed by atoms with Gasteiger partial charge in [-0.25, -0.2) is 5.21 Å². The van der Waals surface area contributed by atoms with Crippen molar-refractivity contribution in [2.24, 2.45) is 0 Å². The Hall–Kier alpha value is -1.01. The molecule has 14 heavy (non-hydrogen) atoms. The molecule has 6 nitrogen and oxygen atoms in total. The second kappa shape index (κ2) is 4.02. The van der Waals surface area contributed by atoms with Gasteiger partial charge in [-0.1, -0.05) is 0 Å². The van der Waals surface area contributed by atoms with Crippen LogP contribution in [0, 0.1) is 4.91 Å². The van der Waals surface area contributed by atoms with Crippen LogP contribution < -0.4 is 9.42 Å². The van der Waals surface area contributed by atoms with Gasteiger partial charge in [0.2, 0.25) is 0 Å². The van der Waals surface area contributed by atoms with E-state index >= 15 is 0 Å². The van der Waals surface area contributed by atoms with E-state index in [-0.39, 0.29) is 16.4 Å². The highest BCUT2D eigenvalue weighted by atomic mass is 32.5. The van der Waals surface area contributed by atoms with Crippen molar-refractivity contribution in [2.45, 2.75) is 0 Å². The Morgan fingerprint density at radius 1 is 1.43 bits per heavy atom. The second-order valence-electron chi connectivity index (χ2n) is 2.33. The lowest BCUT2D eigenvalue weighted by Crippen LogP contribution is -2.05. The SMILES string of the molecule is O=[N+](O)c1ccc(OP([O-])(O)=S)cc1. The molecule has 0 spiro atoms. The molecule has 2 N–H and O–H groups in total. The molecule has 0 fully saturated rings. The summed E-state index contributed by atoms with van der Waals surface area (Å²) >= 11 is 4.12. The van der Waals surface area contributed by atoms with Gasteiger partial charge in [-0.2, -0.15) is 0 Å². The van der Waals surface area contributed by atoms with Crippen molar-refractivity contribution in [1.29, 1.82) is 0 Å². The van der Waals surface area contributed by atoms with Crippen molar-refractivity contribution in [1.82, 2.24) is 0 Å². The summed E-state index contributed by atoms with van der Waals surface area (Å²) in [4.78, 5) is 29.3. The zero-order valence-electron chi connectivity index (χ0n) is 6.73. The van der Waals surface area contributed by atoms with Crippen LogP contribution in [0.2, 0.25) is 0 Å². The van der Waals surface area contributed by atoms with Crippen molar-refractivity contribution in [3.63, 3.8) is 0 Å². The van der Waals surface area contributed by atoms with Crippen LogP contribution in [0.5, 0.6) is 5.75 Å². The van der Waals surface area contributed by atoms with Gasteiger partial charge in [0.05, 0.1) is 4.91 Å². The van der Waals surface area contributed by atoms with Crippen LogP contribution in [-0.2, 0) is 11.8 Å². The van der Waals surface area contributed by atoms with Gasteiger partial charge in [-0.3, -0.25) is 0 Å². The number of rotatable bonds is 3. The van der Waals surface area contributed by atoms with E-state index in [9.17, 15) is 9.80 Å². The Morgan fingerprint density at radius 2 is 1.93 bits per heavy atom. The van der Waals surface area contributed by atoms with Crippen LogP contribution in [0.1, 0.15) is 0 Å². The van der Waals surface area contributed by atoms with Crippen LogP contribution in [0.25, 0.3) is 0 Å². The fraction of sp³-hybridized carbons (Fsp3) is 0. The molecule has 0 aromatic heterocycles. The predicted molar refractivity (Wildman–Crippen MR) is 48.6 cm³/mol. The van der Waals surface area contributed by atoms with E-state index in [0.717, 1.165) is 0 Å². The summed E-state index contributed by atoms with van der Waals surface area (Å²) in [6.45, 7) is -4.00. The first-order valence-electron chi connectivity index (χ1n) is 3.38. The topological polar surface area (TPSA) is 92.8 Å². The molecular formula is C6H6NO5PS. The van der Waals surface area contributed by atoms with E-state index in [4.69, 9.17) is 10.1 Å². The molecule has 76 valence electrons. The molecule has 1 rings (SSSR count). The van der Waals surface area contributed by atoms with Gasteiger partial charge in [-0.15, -0.1) is 0 Å². The van der Waals surface area contributed by atoms with Gasteiger partial charge < -0.3 is 14.3 Å².